The normalized spacial score (nSPS) is 11.0. The van der Waals surface area contributed by atoms with Gasteiger partial charge in [-0.1, -0.05) is 24.3 Å². The van der Waals surface area contributed by atoms with E-state index < -0.39 is 48.1 Å². The van der Waals surface area contributed by atoms with E-state index in [1.807, 2.05) is 0 Å². The third-order valence-corrected chi connectivity index (χ3v) is 10.7. The highest BCUT2D eigenvalue weighted by atomic mass is 19.3. The van der Waals surface area contributed by atoms with E-state index in [2.05, 4.69) is 9.47 Å². The van der Waals surface area contributed by atoms with E-state index in [1.54, 1.807) is 71.5 Å². The third-order valence-electron chi connectivity index (χ3n) is 10.7. The SMILES string of the molecule is COC(=O)c1cc(-n2c(C)ccc2-c2cc(F)ccc2OCc2ccc(F)cc2)ccc1OC(F)F.Cc1ccc(-c2cc(F)ccc2OCc2ccc(F)cc2)n1-c1ccc(OC(F)F)c(C(=O)O)c1. The molecule has 0 amide bonds. The summed E-state index contributed by atoms with van der Waals surface area (Å²) in [6.45, 7) is -2.55. The van der Waals surface area contributed by atoms with Crippen LogP contribution in [0.25, 0.3) is 33.9 Å². The highest BCUT2D eigenvalue weighted by molar-refractivity contribution is 5.93. The maximum Gasteiger partial charge on any atom is 0.387 e. The van der Waals surface area contributed by atoms with Crippen molar-refractivity contribution in [2.75, 3.05) is 7.11 Å². The second kappa shape index (κ2) is 22.3. The Morgan fingerprint density at radius 1 is 0.493 bits per heavy atom. The Kier molecular flexibility index (Phi) is 15.8. The first-order chi connectivity index (χ1) is 34.0. The molecule has 0 saturated carbocycles. The van der Waals surface area contributed by atoms with Crippen molar-refractivity contribution in [3.05, 3.63) is 203 Å². The Bertz CT molecular complexity index is 3170. The summed E-state index contributed by atoms with van der Waals surface area (Å²) in [6.07, 6.45) is 0. The number of carbonyl (C=O) groups excluding carboxylic acids is 1. The van der Waals surface area contributed by atoms with Crippen LogP contribution in [-0.4, -0.2) is 46.5 Å². The van der Waals surface area contributed by atoms with Crippen molar-refractivity contribution < 1.29 is 73.5 Å². The maximum absolute atomic E-state index is 14.3. The number of benzene rings is 6. The zero-order valence-corrected chi connectivity index (χ0v) is 37.6. The Hall–Kier alpha value is -8.54. The van der Waals surface area contributed by atoms with E-state index in [0.29, 0.717) is 56.6 Å². The van der Waals surface area contributed by atoms with Gasteiger partial charge in [0.15, 0.2) is 0 Å². The number of ether oxygens (including phenoxy) is 5. The number of alkyl halides is 4. The number of hydrogen-bond acceptors (Lipinski definition) is 7. The summed E-state index contributed by atoms with van der Waals surface area (Å²) in [5, 5.41) is 9.50. The van der Waals surface area contributed by atoms with Crippen molar-refractivity contribution in [3.63, 3.8) is 0 Å². The summed E-state index contributed by atoms with van der Waals surface area (Å²) in [4.78, 5) is 23.9. The average Bonchev–Trinajstić information content (AvgIpc) is 3.93. The van der Waals surface area contributed by atoms with Gasteiger partial charge in [-0.2, -0.15) is 17.6 Å². The molecule has 0 unspecified atom stereocenters. The highest BCUT2D eigenvalue weighted by Gasteiger charge is 2.23. The number of aromatic nitrogens is 2. The Labute approximate surface area is 400 Å². The van der Waals surface area contributed by atoms with E-state index in [1.165, 1.54) is 91.0 Å². The number of hydrogen-bond donors (Lipinski definition) is 1. The second-order valence-corrected chi connectivity index (χ2v) is 15.4. The molecule has 2 aromatic heterocycles. The molecule has 0 atom stereocenters. The van der Waals surface area contributed by atoms with E-state index in [-0.39, 0.29) is 36.2 Å². The van der Waals surface area contributed by atoms with Crippen LogP contribution in [0.2, 0.25) is 0 Å². The van der Waals surface area contributed by atoms with Crippen LogP contribution in [0, 0.1) is 37.1 Å². The number of carbonyl (C=O) groups is 2. The quantitative estimate of drug-likeness (QED) is 0.0753. The molecule has 18 heteroatoms. The van der Waals surface area contributed by atoms with E-state index in [4.69, 9.17) is 14.2 Å². The van der Waals surface area contributed by atoms with Crippen molar-refractivity contribution in [2.45, 2.75) is 40.3 Å². The van der Waals surface area contributed by atoms with Crippen LogP contribution in [0.3, 0.4) is 0 Å². The van der Waals surface area contributed by atoms with Crippen LogP contribution in [-0.2, 0) is 18.0 Å². The molecular formula is C53H40F8N2O8. The fourth-order valence-corrected chi connectivity index (χ4v) is 7.47. The molecule has 1 N–H and O–H groups in total. The van der Waals surface area contributed by atoms with Crippen molar-refractivity contribution in [1.29, 1.82) is 0 Å². The van der Waals surface area contributed by atoms with Crippen molar-refractivity contribution in [2.24, 2.45) is 0 Å². The molecule has 10 nitrogen and oxygen atoms in total. The first-order valence-electron chi connectivity index (χ1n) is 21.2. The molecule has 2 heterocycles. The smallest absolute Gasteiger partial charge is 0.387 e. The van der Waals surface area contributed by atoms with Gasteiger partial charge in [0.2, 0.25) is 0 Å². The third kappa shape index (κ3) is 12.2. The van der Waals surface area contributed by atoms with Gasteiger partial charge in [0.1, 0.15) is 70.6 Å². The van der Waals surface area contributed by atoms with Gasteiger partial charge < -0.3 is 37.9 Å². The highest BCUT2D eigenvalue weighted by Crippen LogP contribution is 2.38. The lowest BCUT2D eigenvalue weighted by Gasteiger charge is -2.17. The van der Waals surface area contributed by atoms with Crippen LogP contribution < -0.4 is 18.9 Å². The summed E-state index contributed by atoms with van der Waals surface area (Å²) in [5.41, 5.74) is 4.75. The van der Waals surface area contributed by atoms with E-state index in [9.17, 15) is 49.8 Å². The lowest BCUT2D eigenvalue weighted by Crippen LogP contribution is -2.11. The number of nitrogens with zero attached hydrogens (tertiary/aromatic N) is 2. The van der Waals surface area contributed by atoms with Crippen LogP contribution in [0.15, 0.2) is 146 Å². The Morgan fingerprint density at radius 2 is 0.873 bits per heavy atom. The molecule has 0 bridgehead atoms. The minimum Gasteiger partial charge on any atom is -0.488 e. The van der Waals surface area contributed by atoms with Crippen molar-refractivity contribution in [1.82, 2.24) is 9.13 Å². The van der Waals surface area contributed by atoms with Crippen LogP contribution in [0.4, 0.5) is 35.1 Å². The number of carboxylic acids is 1. The van der Waals surface area contributed by atoms with Crippen molar-refractivity contribution >= 4 is 11.9 Å². The molecule has 366 valence electrons. The largest absolute Gasteiger partial charge is 0.488 e. The van der Waals surface area contributed by atoms with Crippen LogP contribution in [0.5, 0.6) is 23.0 Å². The number of rotatable bonds is 16. The number of aryl methyl sites for hydroxylation is 2. The Balaban J connectivity index is 0.000000209. The molecule has 0 aliphatic carbocycles. The number of methoxy groups -OCH3 is 1. The summed E-state index contributed by atoms with van der Waals surface area (Å²) < 4.78 is 135. The zero-order chi connectivity index (χ0) is 50.9. The van der Waals surface area contributed by atoms with Gasteiger partial charge in [0, 0.05) is 33.9 Å². The fraction of sp³-hybridized carbons (Fsp3) is 0.132. The molecule has 0 fully saturated rings. The van der Waals surface area contributed by atoms with E-state index in [0.717, 1.165) is 24.4 Å². The first kappa shape index (κ1) is 50.3. The topological polar surface area (TPSA) is 110 Å². The van der Waals surface area contributed by atoms with Crippen LogP contribution in [0.1, 0.15) is 43.2 Å². The zero-order valence-electron chi connectivity index (χ0n) is 37.6. The fourth-order valence-electron chi connectivity index (χ4n) is 7.47. The molecular weight excluding hydrogens is 945 g/mol. The predicted octanol–water partition coefficient (Wildman–Crippen LogP) is 13.3. The minimum absolute atomic E-state index is 0.0986. The van der Waals surface area contributed by atoms with Crippen LogP contribution >= 0.6 is 0 Å². The Morgan fingerprint density at radius 3 is 1.27 bits per heavy atom. The summed E-state index contributed by atoms with van der Waals surface area (Å²) in [6, 6.07) is 34.5. The molecule has 71 heavy (non-hydrogen) atoms. The molecule has 0 saturated heterocycles. The summed E-state index contributed by atoms with van der Waals surface area (Å²) in [5.74, 6) is -4.17. The van der Waals surface area contributed by atoms with Gasteiger partial charge in [0.05, 0.1) is 18.5 Å². The van der Waals surface area contributed by atoms with E-state index >= 15 is 0 Å². The van der Waals surface area contributed by atoms with Gasteiger partial charge in [-0.05, 0) is 146 Å². The molecule has 0 aliphatic rings. The van der Waals surface area contributed by atoms with Crippen molar-refractivity contribution in [3.8, 4) is 56.9 Å². The molecule has 6 aromatic carbocycles. The molecule has 8 rings (SSSR count). The predicted molar refractivity (Wildman–Crippen MR) is 245 cm³/mol. The molecule has 8 aromatic rings. The van der Waals surface area contributed by atoms with Gasteiger partial charge in [0.25, 0.3) is 0 Å². The molecule has 0 spiro atoms. The number of carboxylic acid groups (broad SMARTS) is 1. The average molecular weight is 985 g/mol. The first-order valence-corrected chi connectivity index (χ1v) is 21.2. The van der Waals surface area contributed by atoms with Gasteiger partial charge in [-0.3, -0.25) is 0 Å². The number of esters is 1. The molecule has 0 aliphatic heterocycles. The summed E-state index contributed by atoms with van der Waals surface area (Å²) >= 11 is 0. The van der Waals surface area contributed by atoms with Gasteiger partial charge >= 0.3 is 25.2 Å². The number of halogens is 8. The maximum atomic E-state index is 14.3. The lowest BCUT2D eigenvalue weighted by atomic mass is 10.1. The second-order valence-electron chi connectivity index (χ2n) is 15.4. The standard InChI is InChI=1S/C27H21F4NO4.C26H19F4NO4/c1-16-3-10-23(32(16)20-9-12-25(36-27(30)31)22(14-20)26(33)34-2)21-13-19(29)8-11-24(21)35-15-17-4-6-18(28)7-5-17;1-15-2-9-22(31(15)19-8-11-24(35-26(29)30)21(13-19)25(32)33)20-12-18(28)7-10-23(20)34-14-16-3-5-17(27)6-4-16/h3-14,27H,15H2,1-2H3;2-13,26H,14H2,1H3,(H,32,33). The lowest BCUT2D eigenvalue weighted by molar-refractivity contribution is -0.0511. The van der Waals surface area contributed by atoms with Gasteiger partial charge in [-0.15, -0.1) is 0 Å². The monoisotopic (exact) mass is 984 g/mol. The summed E-state index contributed by atoms with van der Waals surface area (Å²) in [7, 11) is 1.13. The molecule has 0 radical (unpaired) electrons. The number of aromatic carboxylic acids is 1. The minimum atomic E-state index is -3.18. The van der Waals surface area contributed by atoms with Gasteiger partial charge in [-0.25, -0.2) is 27.2 Å².